The molecule has 0 fully saturated rings. The normalized spacial score (nSPS) is 29.3. The summed E-state index contributed by atoms with van der Waals surface area (Å²) in [5.41, 5.74) is 1.15. The van der Waals surface area contributed by atoms with Crippen molar-refractivity contribution in [3.05, 3.63) is 23.5 Å². The van der Waals surface area contributed by atoms with E-state index in [2.05, 4.69) is 27.5 Å². The summed E-state index contributed by atoms with van der Waals surface area (Å²) in [6.45, 7) is 6.69. The van der Waals surface area contributed by atoms with Crippen LogP contribution in [-0.2, 0) is 4.74 Å². The average molecular weight is 219 g/mol. The molecule has 4 heteroatoms. The first-order chi connectivity index (χ1) is 7.84. The molecule has 0 saturated heterocycles. The van der Waals surface area contributed by atoms with E-state index in [0.29, 0.717) is 6.54 Å². The van der Waals surface area contributed by atoms with Gasteiger partial charge in [-0.2, -0.15) is 0 Å². The molecule has 2 unspecified atom stereocenters. The van der Waals surface area contributed by atoms with Gasteiger partial charge in [0, 0.05) is 5.57 Å². The Labute approximate surface area is 95.8 Å². The summed E-state index contributed by atoms with van der Waals surface area (Å²) in [5, 5.41) is 3.29. The molecule has 1 aliphatic carbocycles. The third kappa shape index (κ3) is 1.75. The minimum atomic E-state index is 0.113. The maximum absolute atomic E-state index is 5.43. The number of hydrogen-bond donors (Lipinski definition) is 1. The summed E-state index contributed by atoms with van der Waals surface area (Å²) >= 11 is 0. The molecule has 3 rings (SSSR count). The van der Waals surface area contributed by atoms with Gasteiger partial charge in [0.2, 0.25) is 0 Å². The van der Waals surface area contributed by atoms with Crippen LogP contribution in [0.2, 0.25) is 0 Å². The van der Waals surface area contributed by atoms with E-state index in [1.807, 2.05) is 20.8 Å². The van der Waals surface area contributed by atoms with Crippen molar-refractivity contribution in [1.82, 2.24) is 5.32 Å². The molecule has 0 aromatic carbocycles. The molecular weight excluding hydrogens is 202 g/mol. The summed E-state index contributed by atoms with van der Waals surface area (Å²) < 4.78 is 5.43. The molecule has 0 aromatic rings. The zero-order valence-electron chi connectivity index (χ0n) is 9.90. The largest absolute Gasteiger partial charge is 0.448 e. The molecule has 4 nitrogen and oxygen atoms in total. The molecule has 0 saturated carbocycles. The lowest BCUT2D eigenvalue weighted by Gasteiger charge is -2.25. The van der Waals surface area contributed by atoms with E-state index in [0.717, 1.165) is 17.2 Å². The Balaban J connectivity index is 0.000000457. The zero-order chi connectivity index (χ0) is 11.5. The third-order valence-corrected chi connectivity index (χ3v) is 2.65. The first-order valence-corrected chi connectivity index (χ1v) is 5.72. The van der Waals surface area contributed by atoms with Crippen molar-refractivity contribution >= 4 is 12.2 Å². The Bertz CT molecular complexity index is 393. The van der Waals surface area contributed by atoms with E-state index >= 15 is 0 Å². The van der Waals surface area contributed by atoms with Gasteiger partial charge < -0.3 is 10.1 Å². The van der Waals surface area contributed by atoms with E-state index in [1.54, 1.807) is 0 Å². The molecule has 1 N–H and O–H groups in total. The summed E-state index contributed by atoms with van der Waals surface area (Å²) in [6, 6.07) is 0.377. The molecule has 3 aliphatic rings. The van der Waals surface area contributed by atoms with E-state index in [-0.39, 0.29) is 12.1 Å². The molecule has 0 bridgehead atoms. The topological polar surface area (TPSA) is 46.0 Å². The Kier molecular flexibility index (Phi) is 3.08. The quantitative estimate of drug-likeness (QED) is 0.673. The van der Waals surface area contributed by atoms with Crippen molar-refractivity contribution in [1.29, 1.82) is 0 Å². The highest BCUT2D eigenvalue weighted by Crippen LogP contribution is 2.27. The fraction of sp³-hybridized carbons (Fsp3) is 0.500. The molecule has 2 atom stereocenters. The molecule has 86 valence electrons. The van der Waals surface area contributed by atoms with Crippen molar-refractivity contribution < 1.29 is 4.74 Å². The van der Waals surface area contributed by atoms with Gasteiger partial charge in [0.25, 0.3) is 0 Å². The van der Waals surface area contributed by atoms with Gasteiger partial charge in [0.1, 0.15) is 11.8 Å². The predicted molar refractivity (Wildman–Crippen MR) is 65.8 cm³/mol. The molecule has 0 amide bonds. The van der Waals surface area contributed by atoms with E-state index in [4.69, 9.17) is 4.74 Å². The second-order valence-corrected chi connectivity index (χ2v) is 3.64. The van der Waals surface area contributed by atoms with E-state index < -0.39 is 0 Å². The Hall–Kier alpha value is -1.58. The van der Waals surface area contributed by atoms with Crippen molar-refractivity contribution in [2.24, 2.45) is 9.98 Å². The third-order valence-electron chi connectivity index (χ3n) is 2.65. The highest BCUT2D eigenvalue weighted by atomic mass is 16.5. The molecular formula is C12H17N3O. The molecule has 2 heterocycles. The van der Waals surface area contributed by atoms with Gasteiger partial charge in [0.15, 0.2) is 6.40 Å². The summed E-state index contributed by atoms with van der Waals surface area (Å²) in [6.07, 6.45) is 5.72. The second kappa shape index (κ2) is 4.51. The van der Waals surface area contributed by atoms with Crippen LogP contribution in [0.15, 0.2) is 33.5 Å². The molecule has 0 aromatic heterocycles. The SMILES string of the molecule is CC.CC1=NC2C3=C(C=CC2N1)CN=CO3. The number of amidine groups is 1. The van der Waals surface area contributed by atoms with Crippen LogP contribution in [-0.4, -0.2) is 30.9 Å². The van der Waals surface area contributed by atoms with Gasteiger partial charge >= 0.3 is 0 Å². The van der Waals surface area contributed by atoms with Crippen LogP contribution in [0.25, 0.3) is 0 Å². The number of hydrogen-bond acceptors (Lipinski definition) is 4. The highest BCUT2D eigenvalue weighted by molar-refractivity contribution is 5.83. The zero-order valence-corrected chi connectivity index (χ0v) is 9.90. The monoisotopic (exact) mass is 219 g/mol. The Morgan fingerprint density at radius 2 is 2.25 bits per heavy atom. The van der Waals surface area contributed by atoms with Crippen LogP contribution in [0.5, 0.6) is 0 Å². The van der Waals surface area contributed by atoms with Crippen molar-refractivity contribution in [3.63, 3.8) is 0 Å². The van der Waals surface area contributed by atoms with Crippen LogP contribution in [0.3, 0.4) is 0 Å². The number of rotatable bonds is 0. The number of aliphatic imine (C=N–C) groups is 2. The number of fused-ring (bicyclic) bond motifs is 2. The molecule has 2 aliphatic heterocycles. The van der Waals surface area contributed by atoms with Crippen LogP contribution >= 0.6 is 0 Å². The van der Waals surface area contributed by atoms with Crippen molar-refractivity contribution in [2.75, 3.05) is 6.54 Å². The summed E-state index contributed by atoms with van der Waals surface area (Å²) in [5.74, 6) is 1.93. The summed E-state index contributed by atoms with van der Waals surface area (Å²) in [7, 11) is 0. The Morgan fingerprint density at radius 3 is 3.06 bits per heavy atom. The average Bonchev–Trinajstić information content (AvgIpc) is 2.72. The maximum Gasteiger partial charge on any atom is 0.176 e. The fourth-order valence-corrected chi connectivity index (χ4v) is 2.02. The minimum Gasteiger partial charge on any atom is -0.448 e. The van der Waals surface area contributed by atoms with E-state index in [9.17, 15) is 0 Å². The van der Waals surface area contributed by atoms with Gasteiger partial charge in [-0.3, -0.25) is 9.98 Å². The lowest BCUT2D eigenvalue weighted by atomic mass is 9.96. The van der Waals surface area contributed by atoms with Crippen LogP contribution < -0.4 is 5.32 Å². The lowest BCUT2D eigenvalue weighted by molar-refractivity contribution is 0.361. The summed E-state index contributed by atoms with van der Waals surface area (Å²) in [4.78, 5) is 8.57. The molecule has 16 heavy (non-hydrogen) atoms. The number of nitrogens with zero attached hydrogens (tertiary/aromatic N) is 2. The number of ether oxygens (including phenoxy) is 1. The van der Waals surface area contributed by atoms with Crippen LogP contribution in [0, 0.1) is 0 Å². The van der Waals surface area contributed by atoms with Crippen molar-refractivity contribution in [3.8, 4) is 0 Å². The van der Waals surface area contributed by atoms with E-state index in [1.165, 1.54) is 6.40 Å². The van der Waals surface area contributed by atoms with Gasteiger partial charge in [-0.1, -0.05) is 26.0 Å². The Morgan fingerprint density at radius 1 is 1.44 bits per heavy atom. The standard InChI is InChI=1S/C10H11N3O.C2H6/c1-6-12-8-3-2-7-4-11-5-14-10(7)9(8)13-6;1-2/h2-3,5,8-9H,4H2,1H3,(H,12,13);1-2H3. The first kappa shape index (κ1) is 10.9. The van der Waals surface area contributed by atoms with Gasteiger partial charge in [-0.15, -0.1) is 0 Å². The fourth-order valence-electron chi connectivity index (χ4n) is 2.02. The van der Waals surface area contributed by atoms with Gasteiger partial charge in [-0.05, 0) is 6.92 Å². The number of nitrogens with one attached hydrogen (secondary N) is 1. The highest BCUT2D eigenvalue weighted by Gasteiger charge is 2.34. The van der Waals surface area contributed by atoms with Gasteiger partial charge in [0.05, 0.1) is 18.4 Å². The lowest BCUT2D eigenvalue weighted by Crippen LogP contribution is -2.36. The first-order valence-electron chi connectivity index (χ1n) is 5.72. The minimum absolute atomic E-state index is 0.113. The van der Waals surface area contributed by atoms with Crippen molar-refractivity contribution in [2.45, 2.75) is 32.9 Å². The molecule has 0 radical (unpaired) electrons. The van der Waals surface area contributed by atoms with Crippen LogP contribution in [0.4, 0.5) is 0 Å². The van der Waals surface area contributed by atoms with Crippen LogP contribution in [0.1, 0.15) is 20.8 Å². The molecule has 0 spiro atoms. The maximum atomic E-state index is 5.43. The van der Waals surface area contributed by atoms with Gasteiger partial charge in [-0.25, -0.2) is 0 Å². The second-order valence-electron chi connectivity index (χ2n) is 3.64. The predicted octanol–water partition coefficient (Wildman–Crippen LogP) is 1.65. The smallest absolute Gasteiger partial charge is 0.176 e.